The van der Waals surface area contributed by atoms with Crippen LogP contribution in [-0.4, -0.2) is 50.3 Å². The van der Waals surface area contributed by atoms with Crippen molar-refractivity contribution in [3.8, 4) is 0 Å². The Hall–Kier alpha value is -0.883. The van der Waals surface area contributed by atoms with Gasteiger partial charge in [-0.1, -0.05) is 20.8 Å². The Morgan fingerprint density at radius 1 is 1.13 bits per heavy atom. The first-order valence-electron chi connectivity index (χ1n) is 8.36. The van der Waals surface area contributed by atoms with Gasteiger partial charge in [-0.3, -0.25) is 4.79 Å². The minimum absolute atomic E-state index is 0.159. The molecule has 1 fully saturated rings. The monoisotopic (exact) mass is 343 g/mol. The highest BCUT2D eigenvalue weighted by Gasteiger charge is 2.43. The van der Waals surface area contributed by atoms with Crippen molar-refractivity contribution in [1.82, 2.24) is 4.90 Å². The molecule has 1 saturated heterocycles. The van der Waals surface area contributed by atoms with Crippen molar-refractivity contribution >= 4 is 21.6 Å². The summed E-state index contributed by atoms with van der Waals surface area (Å²) < 4.78 is 11.7. The number of rotatable bonds is 3. The Morgan fingerprint density at radius 3 is 2.17 bits per heavy atom. The van der Waals surface area contributed by atoms with E-state index in [1.54, 1.807) is 4.90 Å². The third kappa shape index (κ3) is 6.63. The maximum absolute atomic E-state index is 12.5. The average Bonchev–Trinajstić information content (AvgIpc) is 2.33. The number of piperidine rings is 1. The lowest BCUT2D eigenvalue weighted by Gasteiger charge is -2.45. The van der Waals surface area contributed by atoms with Crippen LogP contribution < -0.4 is 0 Å². The van der Waals surface area contributed by atoms with Crippen LogP contribution in [0.5, 0.6) is 0 Å². The zero-order chi connectivity index (χ0) is 18.1. The molecule has 23 heavy (non-hydrogen) atoms. The second-order valence-corrected chi connectivity index (χ2v) is 11.8. The second-order valence-electron chi connectivity index (χ2n) is 9.14. The number of carbonyl (C=O) groups is 2. The Bertz CT molecular complexity index is 448. The molecule has 134 valence electrons. The predicted octanol–water partition coefficient (Wildman–Crippen LogP) is 3.05. The molecule has 1 heterocycles. The average molecular weight is 344 g/mol. The largest absolute Gasteiger partial charge is 0.444 e. The lowest BCUT2D eigenvalue weighted by Crippen LogP contribution is -2.58. The summed E-state index contributed by atoms with van der Waals surface area (Å²) >= 11 is 0. The molecule has 0 aromatic heterocycles. The summed E-state index contributed by atoms with van der Waals surface area (Å²) in [6.07, 6.45) is 0.372. The van der Waals surface area contributed by atoms with Crippen LogP contribution >= 0.6 is 0 Å². The highest BCUT2D eigenvalue weighted by atomic mass is 28.2. The van der Waals surface area contributed by atoms with Crippen molar-refractivity contribution in [2.24, 2.45) is 0 Å². The van der Waals surface area contributed by atoms with Gasteiger partial charge in [0.2, 0.25) is 0 Å². The van der Waals surface area contributed by atoms with Crippen molar-refractivity contribution in [3.63, 3.8) is 0 Å². The number of ketones is 1. The molecule has 1 aliphatic heterocycles. The van der Waals surface area contributed by atoms with Crippen molar-refractivity contribution in [2.45, 2.75) is 90.5 Å². The van der Waals surface area contributed by atoms with Gasteiger partial charge < -0.3 is 14.1 Å². The molecule has 1 rings (SSSR count). The molecule has 6 heteroatoms. The van der Waals surface area contributed by atoms with Gasteiger partial charge in [0, 0.05) is 19.4 Å². The van der Waals surface area contributed by atoms with Crippen LogP contribution in [0.25, 0.3) is 0 Å². The van der Waals surface area contributed by atoms with E-state index >= 15 is 0 Å². The molecule has 1 atom stereocenters. The molecule has 1 aliphatic rings. The van der Waals surface area contributed by atoms with Gasteiger partial charge in [0.1, 0.15) is 11.4 Å². The van der Waals surface area contributed by atoms with Crippen LogP contribution in [0, 0.1) is 0 Å². The lowest BCUT2D eigenvalue weighted by molar-refractivity contribution is -0.126. The fourth-order valence-electron chi connectivity index (χ4n) is 2.49. The van der Waals surface area contributed by atoms with E-state index in [0.717, 1.165) is 0 Å². The number of ether oxygens (including phenoxy) is 1. The number of Topliss-reactive ketones (excluding diaryl/α,β-unsaturated/α-hetero) is 1. The Kier molecular flexibility index (Phi) is 6.07. The summed E-state index contributed by atoms with van der Waals surface area (Å²) in [5, 5.41) is 0.159. The van der Waals surface area contributed by atoms with Crippen molar-refractivity contribution in [1.29, 1.82) is 0 Å². The number of hydrogen-bond acceptors (Lipinski definition) is 4. The summed E-state index contributed by atoms with van der Waals surface area (Å²) in [5.41, 5.74) is -1.10. The van der Waals surface area contributed by atoms with Gasteiger partial charge in [-0.05, 0) is 39.7 Å². The van der Waals surface area contributed by atoms with Crippen LogP contribution in [-0.2, 0) is 14.0 Å². The first-order chi connectivity index (χ1) is 10.2. The van der Waals surface area contributed by atoms with Gasteiger partial charge in [0.05, 0.1) is 11.6 Å². The van der Waals surface area contributed by atoms with Gasteiger partial charge in [-0.15, -0.1) is 0 Å². The van der Waals surface area contributed by atoms with E-state index in [0.29, 0.717) is 19.4 Å². The highest BCUT2D eigenvalue weighted by Crippen LogP contribution is 2.31. The molecule has 5 nitrogen and oxygen atoms in total. The molecule has 0 aliphatic carbocycles. The summed E-state index contributed by atoms with van der Waals surface area (Å²) in [5.74, 6) is 0.184. The van der Waals surface area contributed by atoms with Gasteiger partial charge in [0.15, 0.2) is 9.76 Å². The minimum Gasteiger partial charge on any atom is -0.444 e. The number of amides is 1. The van der Waals surface area contributed by atoms with Crippen LogP contribution in [0.1, 0.15) is 68.2 Å². The van der Waals surface area contributed by atoms with Crippen LogP contribution in [0.3, 0.4) is 0 Å². The maximum Gasteiger partial charge on any atom is 0.410 e. The number of likely N-dealkylation sites (tertiary alicyclic amines) is 1. The Morgan fingerprint density at radius 2 is 1.70 bits per heavy atom. The van der Waals surface area contributed by atoms with Crippen molar-refractivity contribution in [2.75, 3.05) is 6.54 Å². The maximum atomic E-state index is 12.5. The summed E-state index contributed by atoms with van der Waals surface area (Å²) in [7, 11) is -0.787. The van der Waals surface area contributed by atoms with E-state index < -0.39 is 21.0 Å². The molecule has 0 bridgehead atoms. The first-order valence-corrected chi connectivity index (χ1v) is 9.65. The number of hydrogen-bond donors (Lipinski definition) is 0. The molecular weight excluding hydrogens is 310 g/mol. The molecule has 0 N–H and O–H groups in total. The van der Waals surface area contributed by atoms with Crippen molar-refractivity contribution < 1.29 is 18.8 Å². The van der Waals surface area contributed by atoms with E-state index in [9.17, 15) is 9.59 Å². The predicted molar refractivity (Wildman–Crippen MR) is 94.4 cm³/mol. The topological polar surface area (TPSA) is 55.8 Å². The molecule has 0 unspecified atom stereocenters. The molecule has 0 radical (unpaired) electrons. The van der Waals surface area contributed by atoms with Gasteiger partial charge >= 0.3 is 6.09 Å². The Balaban J connectivity index is 2.91. The highest BCUT2D eigenvalue weighted by molar-refractivity contribution is 6.31. The van der Waals surface area contributed by atoms with E-state index in [2.05, 4.69) is 20.8 Å². The molecule has 0 aromatic carbocycles. The fourth-order valence-corrected chi connectivity index (χ4v) is 3.49. The lowest BCUT2D eigenvalue weighted by atomic mass is 9.89. The third-order valence-electron chi connectivity index (χ3n) is 3.74. The molecule has 1 amide bonds. The summed E-state index contributed by atoms with van der Waals surface area (Å²) in [6, 6.07) is -0.270. The van der Waals surface area contributed by atoms with E-state index in [4.69, 9.17) is 9.16 Å². The minimum atomic E-state index is -0.787. The van der Waals surface area contributed by atoms with E-state index in [1.807, 2.05) is 34.6 Å². The molecule has 0 aromatic rings. The zero-order valence-electron chi connectivity index (χ0n) is 16.0. The SMILES string of the molecule is CC(C)(C)OC(=O)N1CCC(=O)C[C@H]1C(C)(C)O[SiH2]C(C)(C)C. The number of carbonyl (C=O) groups excluding carboxylic acids is 2. The third-order valence-corrected chi connectivity index (χ3v) is 5.49. The first kappa shape index (κ1) is 20.2. The summed E-state index contributed by atoms with van der Waals surface area (Å²) in [4.78, 5) is 26.2. The molecule has 0 spiro atoms. The van der Waals surface area contributed by atoms with Crippen LogP contribution in [0.4, 0.5) is 4.79 Å². The molecule has 0 saturated carbocycles. The standard InChI is InChI=1S/C17H33NO4Si/c1-15(2,3)21-14(20)18-10-9-12(19)11-13(18)17(7,8)22-23-16(4,5)6/h13H,9-11,23H2,1-8H3/t13-/m0/s1. The fraction of sp³-hybridized carbons (Fsp3) is 0.882. The normalized spacial score (nSPS) is 21.1. The van der Waals surface area contributed by atoms with E-state index in [1.165, 1.54) is 0 Å². The van der Waals surface area contributed by atoms with Gasteiger partial charge in [-0.25, -0.2) is 4.79 Å². The number of nitrogens with zero attached hydrogens (tertiary/aromatic N) is 1. The summed E-state index contributed by atoms with van der Waals surface area (Å²) in [6.45, 7) is 16.4. The van der Waals surface area contributed by atoms with Gasteiger partial charge in [0.25, 0.3) is 0 Å². The zero-order valence-corrected chi connectivity index (χ0v) is 17.4. The molecular formula is C17H33NO4Si. The Labute approximate surface area is 143 Å². The second kappa shape index (κ2) is 6.93. The van der Waals surface area contributed by atoms with E-state index in [-0.39, 0.29) is 23.0 Å². The van der Waals surface area contributed by atoms with Crippen LogP contribution in [0.15, 0.2) is 0 Å². The van der Waals surface area contributed by atoms with Crippen molar-refractivity contribution in [3.05, 3.63) is 0 Å². The smallest absolute Gasteiger partial charge is 0.410 e. The van der Waals surface area contributed by atoms with Crippen LogP contribution in [0.2, 0.25) is 5.04 Å². The van der Waals surface area contributed by atoms with Gasteiger partial charge in [-0.2, -0.15) is 0 Å². The quantitative estimate of drug-likeness (QED) is 0.739.